The van der Waals surface area contributed by atoms with Crippen molar-refractivity contribution in [1.82, 2.24) is 0 Å². The van der Waals surface area contributed by atoms with Crippen LogP contribution in [0.4, 0.5) is 0 Å². The number of carbonyl (C=O) groups excluding carboxylic acids is 2. The molecule has 0 heterocycles. The molecule has 0 unspecified atom stereocenters. The first-order valence-corrected chi connectivity index (χ1v) is 9.01. The largest absolute Gasteiger partial charge is 0.381 e. The Morgan fingerprint density at radius 2 is 1.46 bits per heavy atom. The second-order valence-electron chi connectivity index (χ2n) is 7.97. The lowest BCUT2D eigenvalue weighted by Gasteiger charge is -2.43. The fourth-order valence-corrected chi connectivity index (χ4v) is 4.95. The van der Waals surface area contributed by atoms with E-state index in [9.17, 15) is 9.59 Å². The SMILES string of the molecule is COC1CCC2(CC1)CC(=O)C(c1c(C)cc(C)cc1C)C(=O)C2. The van der Waals surface area contributed by atoms with Gasteiger partial charge in [-0.1, -0.05) is 17.7 Å². The van der Waals surface area contributed by atoms with Crippen molar-refractivity contribution < 1.29 is 14.3 Å². The molecule has 2 aliphatic carbocycles. The Bertz CT molecular complexity index is 623. The normalized spacial score (nSPS) is 30.8. The monoisotopic (exact) mass is 328 g/mol. The van der Waals surface area contributed by atoms with E-state index >= 15 is 0 Å². The van der Waals surface area contributed by atoms with Crippen LogP contribution in [-0.2, 0) is 14.3 Å². The smallest absolute Gasteiger partial charge is 0.148 e. The summed E-state index contributed by atoms with van der Waals surface area (Å²) in [4.78, 5) is 25.9. The fourth-order valence-electron chi connectivity index (χ4n) is 4.95. The molecule has 0 radical (unpaired) electrons. The molecule has 0 saturated heterocycles. The summed E-state index contributed by atoms with van der Waals surface area (Å²) in [5.41, 5.74) is 4.16. The number of ether oxygens (including phenoxy) is 1. The molecule has 0 aliphatic heterocycles. The van der Waals surface area contributed by atoms with Crippen molar-refractivity contribution >= 4 is 11.6 Å². The Balaban J connectivity index is 1.85. The number of rotatable bonds is 2. The van der Waals surface area contributed by atoms with Crippen molar-refractivity contribution in [3.05, 3.63) is 34.4 Å². The zero-order valence-corrected chi connectivity index (χ0v) is 15.3. The number of aryl methyl sites for hydroxylation is 3. The molecule has 3 nitrogen and oxygen atoms in total. The molecule has 0 bridgehead atoms. The summed E-state index contributed by atoms with van der Waals surface area (Å²) in [6.07, 6.45) is 5.18. The van der Waals surface area contributed by atoms with Crippen LogP contribution in [-0.4, -0.2) is 24.8 Å². The number of hydrogen-bond acceptors (Lipinski definition) is 3. The van der Waals surface area contributed by atoms with E-state index in [1.54, 1.807) is 7.11 Å². The Kier molecular flexibility index (Phi) is 4.65. The molecule has 0 atom stereocenters. The second-order valence-corrected chi connectivity index (χ2v) is 7.97. The summed E-state index contributed by atoms with van der Waals surface area (Å²) in [5.74, 6) is -0.300. The first-order chi connectivity index (χ1) is 11.3. The lowest BCUT2D eigenvalue weighted by atomic mass is 9.60. The summed E-state index contributed by atoms with van der Waals surface area (Å²) < 4.78 is 5.44. The molecule has 24 heavy (non-hydrogen) atoms. The highest BCUT2D eigenvalue weighted by atomic mass is 16.5. The third-order valence-electron chi connectivity index (χ3n) is 6.10. The van der Waals surface area contributed by atoms with Gasteiger partial charge in [-0.3, -0.25) is 9.59 Å². The molecule has 2 fully saturated rings. The number of carbonyl (C=O) groups is 2. The van der Waals surface area contributed by atoms with E-state index in [4.69, 9.17) is 4.74 Å². The molecule has 0 aromatic heterocycles. The van der Waals surface area contributed by atoms with E-state index in [0.29, 0.717) is 18.9 Å². The van der Waals surface area contributed by atoms with Crippen molar-refractivity contribution in [2.45, 2.75) is 71.3 Å². The maximum absolute atomic E-state index is 13.0. The van der Waals surface area contributed by atoms with Gasteiger partial charge in [-0.2, -0.15) is 0 Å². The van der Waals surface area contributed by atoms with E-state index in [0.717, 1.165) is 42.4 Å². The van der Waals surface area contributed by atoms with Gasteiger partial charge in [0.25, 0.3) is 0 Å². The molecule has 0 amide bonds. The first-order valence-electron chi connectivity index (χ1n) is 9.01. The molecule has 1 aromatic carbocycles. The van der Waals surface area contributed by atoms with Crippen LogP contribution < -0.4 is 0 Å². The zero-order chi connectivity index (χ0) is 17.5. The van der Waals surface area contributed by atoms with Crippen molar-refractivity contribution in [1.29, 1.82) is 0 Å². The Morgan fingerprint density at radius 1 is 0.958 bits per heavy atom. The molecule has 1 aromatic rings. The van der Waals surface area contributed by atoms with E-state index < -0.39 is 5.92 Å². The van der Waals surface area contributed by atoms with Crippen LogP contribution >= 0.6 is 0 Å². The summed E-state index contributed by atoms with van der Waals surface area (Å²) in [5, 5.41) is 0. The van der Waals surface area contributed by atoms with Crippen LogP contribution in [0.25, 0.3) is 0 Å². The van der Waals surface area contributed by atoms with Gasteiger partial charge in [-0.15, -0.1) is 0 Å². The minimum atomic E-state index is -0.545. The van der Waals surface area contributed by atoms with Gasteiger partial charge in [0, 0.05) is 20.0 Å². The highest BCUT2D eigenvalue weighted by Gasteiger charge is 2.47. The maximum atomic E-state index is 13.0. The van der Waals surface area contributed by atoms with Crippen molar-refractivity contribution in [2.75, 3.05) is 7.11 Å². The number of benzene rings is 1. The zero-order valence-electron chi connectivity index (χ0n) is 15.3. The van der Waals surface area contributed by atoms with Crippen LogP contribution in [0.15, 0.2) is 12.1 Å². The summed E-state index contributed by atoms with van der Waals surface area (Å²) in [7, 11) is 1.75. The Hall–Kier alpha value is -1.48. The minimum Gasteiger partial charge on any atom is -0.381 e. The molecule has 3 heteroatoms. The van der Waals surface area contributed by atoms with Crippen molar-refractivity contribution in [2.24, 2.45) is 5.41 Å². The predicted molar refractivity (Wildman–Crippen MR) is 94.3 cm³/mol. The fraction of sp³-hybridized carbons (Fsp3) is 0.619. The molecular formula is C21H28O3. The van der Waals surface area contributed by atoms with E-state index in [2.05, 4.69) is 19.1 Å². The topological polar surface area (TPSA) is 43.4 Å². The van der Waals surface area contributed by atoms with Gasteiger partial charge >= 0.3 is 0 Å². The Labute approximate surface area is 144 Å². The standard InChI is InChI=1S/C21H28O3/c1-13-9-14(2)19(15(3)10-13)20-17(22)11-21(12-18(20)23)7-5-16(24-4)6-8-21/h9-10,16,20H,5-8,11-12H2,1-4H3. The highest BCUT2D eigenvalue weighted by Crippen LogP contribution is 2.49. The lowest BCUT2D eigenvalue weighted by molar-refractivity contribution is -0.138. The van der Waals surface area contributed by atoms with Gasteiger partial charge in [0.2, 0.25) is 0 Å². The molecule has 2 aliphatic rings. The molecular weight excluding hydrogens is 300 g/mol. The third-order valence-corrected chi connectivity index (χ3v) is 6.10. The summed E-state index contributed by atoms with van der Waals surface area (Å²) in [6, 6.07) is 4.16. The number of methoxy groups -OCH3 is 1. The Morgan fingerprint density at radius 3 is 1.92 bits per heavy atom. The van der Waals surface area contributed by atoms with Crippen LogP contribution in [0, 0.1) is 26.2 Å². The van der Waals surface area contributed by atoms with Crippen molar-refractivity contribution in [3.63, 3.8) is 0 Å². The van der Waals surface area contributed by atoms with Crippen LogP contribution in [0.2, 0.25) is 0 Å². The number of ketones is 2. The van der Waals surface area contributed by atoms with Crippen molar-refractivity contribution in [3.8, 4) is 0 Å². The quantitative estimate of drug-likeness (QED) is 0.764. The minimum absolute atomic E-state index is 0.105. The van der Waals surface area contributed by atoms with Gasteiger partial charge in [0.15, 0.2) is 0 Å². The van der Waals surface area contributed by atoms with E-state index in [1.807, 2.05) is 13.8 Å². The summed E-state index contributed by atoms with van der Waals surface area (Å²) >= 11 is 0. The van der Waals surface area contributed by atoms with E-state index in [-0.39, 0.29) is 17.0 Å². The maximum Gasteiger partial charge on any atom is 0.148 e. The van der Waals surface area contributed by atoms with E-state index in [1.165, 1.54) is 5.56 Å². The number of Topliss-reactive ketones (excluding diaryl/α,β-unsaturated/α-hetero) is 2. The average Bonchev–Trinajstić information content (AvgIpc) is 2.50. The first kappa shape index (κ1) is 17.3. The van der Waals surface area contributed by atoms with Gasteiger partial charge in [-0.25, -0.2) is 0 Å². The van der Waals surface area contributed by atoms with Crippen LogP contribution in [0.5, 0.6) is 0 Å². The molecule has 0 N–H and O–H groups in total. The summed E-state index contributed by atoms with van der Waals surface area (Å²) in [6.45, 7) is 6.09. The molecule has 3 rings (SSSR count). The van der Waals surface area contributed by atoms with Gasteiger partial charge < -0.3 is 4.74 Å². The number of hydrogen-bond donors (Lipinski definition) is 0. The lowest BCUT2D eigenvalue weighted by Crippen LogP contribution is -2.42. The van der Waals surface area contributed by atoms with Gasteiger partial charge in [0.05, 0.1) is 6.10 Å². The predicted octanol–water partition coefficient (Wildman–Crippen LogP) is 4.20. The molecule has 2 saturated carbocycles. The van der Waals surface area contributed by atoms with Crippen LogP contribution in [0.1, 0.15) is 66.7 Å². The highest BCUT2D eigenvalue weighted by molar-refractivity contribution is 6.10. The van der Waals surface area contributed by atoms with Gasteiger partial charge in [-0.05, 0) is 68.6 Å². The van der Waals surface area contributed by atoms with Gasteiger partial charge in [0.1, 0.15) is 17.5 Å². The molecule has 1 spiro atoms. The molecule has 130 valence electrons. The van der Waals surface area contributed by atoms with Crippen LogP contribution in [0.3, 0.4) is 0 Å². The average molecular weight is 328 g/mol. The second kappa shape index (κ2) is 6.44. The third kappa shape index (κ3) is 3.06.